The Hall–Kier alpha value is -3.39. The molecular formula is C25H30F3N5O6. The number of hydrogen-bond acceptors (Lipinski definition) is 7. The summed E-state index contributed by atoms with van der Waals surface area (Å²) in [7, 11) is 0. The highest BCUT2D eigenvalue weighted by molar-refractivity contribution is 5.97. The van der Waals surface area contributed by atoms with Crippen molar-refractivity contribution in [2.45, 2.75) is 62.9 Å². The van der Waals surface area contributed by atoms with Crippen molar-refractivity contribution in [2.75, 3.05) is 26.3 Å². The van der Waals surface area contributed by atoms with Gasteiger partial charge in [0.15, 0.2) is 11.2 Å². The Balaban J connectivity index is 1.45. The fourth-order valence-corrected chi connectivity index (χ4v) is 5.02. The molecule has 3 N–H and O–H groups in total. The normalized spacial score (nSPS) is 20.6. The Morgan fingerprint density at radius 1 is 1.18 bits per heavy atom. The van der Waals surface area contributed by atoms with E-state index in [1.165, 1.54) is 21.7 Å². The van der Waals surface area contributed by atoms with Crippen LogP contribution in [0.15, 0.2) is 17.1 Å². The SMILES string of the molecule is O=C(NC1CC1)c1c(O)n(CC2CCOCC2)c2c(/C=C/C(=O)N3CCC(O)(C(F)(F)F)CC3)cnn2c1=O. The second-order valence-electron chi connectivity index (χ2n) is 10.4. The molecule has 1 saturated carbocycles. The number of halogens is 3. The van der Waals surface area contributed by atoms with Gasteiger partial charge in [-0.1, -0.05) is 0 Å². The van der Waals surface area contributed by atoms with Gasteiger partial charge in [-0.25, -0.2) is 0 Å². The third-order valence-electron chi connectivity index (χ3n) is 7.67. The summed E-state index contributed by atoms with van der Waals surface area (Å²) in [5.74, 6) is -1.67. The molecule has 2 saturated heterocycles. The molecular weight excluding hydrogens is 523 g/mol. The fourth-order valence-electron chi connectivity index (χ4n) is 5.02. The highest BCUT2D eigenvalue weighted by Crippen LogP contribution is 2.38. The minimum atomic E-state index is -4.78. The molecule has 1 aliphatic carbocycles. The maximum Gasteiger partial charge on any atom is 0.417 e. The van der Waals surface area contributed by atoms with E-state index in [9.17, 15) is 37.8 Å². The lowest BCUT2D eigenvalue weighted by molar-refractivity contribution is -0.271. The summed E-state index contributed by atoms with van der Waals surface area (Å²) < 4.78 is 47.2. The number of alkyl halides is 3. The molecule has 2 aromatic heterocycles. The van der Waals surface area contributed by atoms with Crippen LogP contribution in [0.1, 0.15) is 54.4 Å². The van der Waals surface area contributed by atoms with E-state index in [2.05, 4.69) is 10.4 Å². The van der Waals surface area contributed by atoms with Crippen LogP contribution in [-0.2, 0) is 16.1 Å². The number of fused-ring (bicyclic) bond motifs is 1. The Bertz CT molecular complexity index is 1350. The third kappa shape index (κ3) is 5.39. The van der Waals surface area contributed by atoms with Crippen LogP contribution >= 0.6 is 0 Å². The number of ether oxygens (including phenoxy) is 1. The summed E-state index contributed by atoms with van der Waals surface area (Å²) in [6.45, 7) is 0.796. The monoisotopic (exact) mass is 553 g/mol. The molecule has 4 heterocycles. The quantitative estimate of drug-likeness (QED) is 0.461. The van der Waals surface area contributed by atoms with Crippen molar-refractivity contribution in [1.82, 2.24) is 24.4 Å². The number of aromatic nitrogens is 3. The van der Waals surface area contributed by atoms with Crippen molar-refractivity contribution in [3.05, 3.63) is 33.8 Å². The minimum absolute atomic E-state index is 0.0417. The first kappa shape index (κ1) is 27.2. The summed E-state index contributed by atoms with van der Waals surface area (Å²) >= 11 is 0. The number of amides is 2. The first-order valence-electron chi connectivity index (χ1n) is 13.0. The van der Waals surface area contributed by atoms with Crippen LogP contribution < -0.4 is 10.9 Å². The van der Waals surface area contributed by atoms with Crippen LogP contribution in [0.5, 0.6) is 5.88 Å². The number of piperidine rings is 1. The first-order chi connectivity index (χ1) is 18.5. The van der Waals surface area contributed by atoms with Crippen LogP contribution in [0.25, 0.3) is 11.7 Å². The predicted molar refractivity (Wildman–Crippen MR) is 131 cm³/mol. The highest BCUT2D eigenvalue weighted by atomic mass is 19.4. The molecule has 0 atom stereocenters. The number of carbonyl (C=O) groups is 2. The van der Waals surface area contributed by atoms with E-state index in [-0.39, 0.29) is 37.2 Å². The van der Waals surface area contributed by atoms with Gasteiger partial charge in [-0.3, -0.25) is 19.0 Å². The standard InChI is InChI=1S/C25H30F3N5O6/c26-25(27,28)24(38)7-9-31(10-8-24)18(34)4-1-16-13-29-33-21(16)32(14-15-5-11-39-12-6-15)22(36)19(23(33)37)20(35)30-17-2-3-17/h1,4,13,15,17,36,38H,2-3,5-12,14H2,(H,30,35)/b4-1+. The maximum atomic E-state index is 13.2. The van der Waals surface area contributed by atoms with Crippen molar-refractivity contribution in [1.29, 1.82) is 0 Å². The molecule has 0 aromatic carbocycles. The van der Waals surface area contributed by atoms with Gasteiger partial charge in [-0.2, -0.15) is 22.8 Å². The van der Waals surface area contributed by atoms with E-state index >= 15 is 0 Å². The zero-order valence-electron chi connectivity index (χ0n) is 21.1. The molecule has 14 heteroatoms. The van der Waals surface area contributed by atoms with Gasteiger partial charge in [0.25, 0.3) is 11.5 Å². The van der Waals surface area contributed by atoms with Crippen molar-refractivity contribution in [3.8, 4) is 5.88 Å². The van der Waals surface area contributed by atoms with E-state index in [0.29, 0.717) is 31.6 Å². The molecule has 3 aliphatic rings. The number of nitrogens with zero attached hydrogens (tertiary/aromatic N) is 4. The second kappa shape index (κ2) is 10.3. The minimum Gasteiger partial charge on any atom is -0.494 e. The average Bonchev–Trinajstić information content (AvgIpc) is 3.60. The topological polar surface area (TPSA) is 138 Å². The lowest BCUT2D eigenvalue weighted by atomic mass is 9.91. The number of nitrogens with one attached hydrogen (secondary N) is 1. The molecule has 2 aliphatic heterocycles. The Kier molecular flexibility index (Phi) is 7.18. The third-order valence-corrected chi connectivity index (χ3v) is 7.67. The fraction of sp³-hybridized carbons (Fsp3) is 0.600. The molecule has 0 spiro atoms. The van der Waals surface area contributed by atoms with Crippen molar-refractivity contribution >= 4 is 23.5 Å². The van der Waals surface area contributed by atoms with E-state index in [1.54, 1.807) is 0 Å². The summed E-state index contributed by atoms with van der Waals surface area (Å²) in [6, 6.07) is -0.0417. The molecule has 0 unspecified atom stereocenters. The van der Waals surface area contributed by atoms with E-state index in [4.69, 9.17) is 4.74 Å². The molecule has 11 nitrogen and oxygen atoms in total. The van der Waals surface area contributed by atoms with Crippen molar-refractivity contribution < 1.29 is 37.7 Å². The molecule has 0 radical (unpaired) electrons. The number of aromatic hydroxyl groups is 1. The van der Waals surface area contributed by atoms with Gasteiger partial charge >= 0.3 is 6.18 Å². The molecule has 2 amide bonds. The van der Waals surface area contributed by atoms with Gasteiger partial charge in [0, 0.05) is 63.4 Å². The largest absolute Gasteiger partial charge is 0.494 e. The summed E-state index contributed by atoms with van der Waals surface area (Å²) in [5, 5.41) is 27.8. The zero-order valence-corrected chi connectivity index (χ0v) is 21.1. The summed E-state index contributed by atoms with van der Waals surface area (Å²) in [4.78, 5) is 40.0. The lowest BCUT2D eigenvalue weighted by Gasteiger charge is -2.38. The molecule has 39 heavy (non-hydrogen) atoms. The van der Waals surface area contributed by atoms with E-state index < -0.39 is 53.4 Å². The van der Waals surface area contributed by atoms with Gasteiger partial charge in [0.1, 0.15) is 5.65 Å². The highest BCUT2D eigenvalue weighted by Gasteiger charge is 2.54. The second-order valence-corrected chi connectivity index (χ2v) is 10.4. The van der Waals surface area contributed by atoms with Crippen molar-refractivity contribution in [3.63, 3.8) is 0 Å². The molecule has 3 fully saturated rings. The van der Waals surface area contributed by atoms with Crippen LogP contribution in [0.3, 0.4) is 0 Å². The Morgan fingerprint density at radius 3 is 2.46 bits per heavy atom. The number of likely N-dealkylation sites (tertiary alicyclic amines) is 1. The van der Waals surface area contributed by atoms with Crippen LogP contribution in [-0.4, -0.2) is 85.2 Å². The zero-order chi connectivity index (χ0) is 27.9. The van der Waals surface area contributed by atoms with E-state index in [0.717, 1.165) is 23.4 Å². The predicted octanol–water partition coefficient (Wildman–Crippen LogP) is 1.45. The van der Waals surface area contributed by atoms with Crippen LogP contribution in [0, 0.1) is 5.92 Å². The van der Waals surface area contributed by atoms with E-state index in [1.807, 2.05) is 0 Å². The summed E-state index contributed by atoms with van der Waals surface area (Å²) in [5.41, 5.74) is -3.56. The molecule has 2 aromatic rings. The van der Waals surface area contributed by atoms with Gasteiger partial charge in [-0.15, -0.1) is 0 Å². The smallest absolute Gasteiger partial charge is 0.417 e. The van der Waals surface area contributed by atoms with Crippen LogP contribution in [0.4, 0.5) is 13.2 Å². The summed E-state index contributed by atoms with van der Waals surface area (Å²) in [6.07, 6.45) is 0.817. The van der Waals surface area contributed by atoms with Gasteiger partial charge in [0.2, 0.25) is 11.8 Å². The van der Waals surface area contributed by atoms with Gasteiger partial charge in [0.05, 0.1) is 6.20 Å². The Morgan fingerprint density at radius 2 is 1.85 bits per heavy atom. The van der Waals surface area contributed by atoms with Gasteiger partial charge in [-0.05, 0) is 37.7 Å². The Labute approximate surface area is 220 Å². The molecule has 0 bridgehead atoms. The van der Waals surface area contributed by atoms with Crippen molar-refractivity contribution in [2.24, 2.45) is 5.92 Å². The molecule has 5 rings (SSSR count). The number of rotatable bonds is 6. The first-order valence-corrected chi connectivity index (χ1v) is 13.0. The number of carbonyl (C=O) groups excluding carboxylic acids is 2. The van der Waals surface area contributed by atoms with Gasteiger partial charge < -0.3 is 25.2 Å². The average molecular weight is 554 g/mol. The lowest BCUT2D eigenvalue weighted by Crippen LogP contribution is -2.54. The number of aliphatic hydroxyl groups is 1. The molecule has 212 valence electrons. The maximum absolute atomic E-state index is 13.2. The number of hydrogen-bond donors (Lipinski definition) is 3. The van der Waals surface area contributed by atoms with Crippen LogP contribution in [0.2, 0.25) is 0 Å².